The van der Waals surface area contributed by atoms with Crippen molar-refractivity contribution in [3.05, 3.63) is 25.3 Å². The first-order valence-corrected chi connectivity index (χ1v) is 7.74. The van der Waals surface area contributed by atoms with Crippen molar-refractivity contribution in [2.24, 2.45) is 0 Å². The first kappa shape index (κ1) is 18.7. The van der Waals surface area contributed by atoms with Crippen molar-refractivity contribution >= 4 is 23.9 Å². The smallest absolute Gasteiger partial charge is 0.330 e. The third-order valence-electron chi connectivity index (χ3n) is 2.48. The number of carbonyl (C=O) groups is 2. The molecule has 0 amide bonds. The van der Waals surface area contributed by atoms with Crippen molar-refractivity contribution in [3.63, 3.8) is 0 Å². The topological polar surface area (TPSA) is 64.6 Å². The number of carbonyl (C=O) groups excluding carboxylic acids is 2. The third-order valence-corrected chi connectivity index (χ3v) is 2.97. The average molecular weight is 301 g/mol. The molecule has 0 spiro atoms. The van der Waals surface area contributed by atoms with E-state index < -0.39 is 18.0 Å². The van der Waals surface area contributed by atoms with Crippen LogP contribution in [0.4, 0.5) is 0 Å². The number of hydrogen-bond donors (Lipinski definition) is 1. The molecule has 0 bridgehead atoms. The maximum atomic E-state index is 11.2. The molecule has 0 aromatic rings. The Morgan fingerprint density at radius 1 is 1.20 bits per heavy atom. The summed E-state index contributed by atoms with van der Waals surface area (Å²) in [5.74, 6) is -1.03. The Morgan fingerprint density at radius 3 is 2.50 bits per heavy atom. The summed E-state index contributed by atoms with van der Waals surface area (Å²) < 4.78 is 13.2. The van der Waals surface area contributed by atoms with Crippen LogP contribution in [0, 0.1) is 0 Å². The zero-order valence-electron chi connectivity index (χ0n) is 11.9. The van der Waals surface area contributed by atoms with E-state index >= 15 is 0 Å². The number of rotatable bonds is 12. The Morgan fingerprint density at radius 2 is 1.90 bits per heavy atom. The van der Waals surface area contributed by atoms with Crippen LogP contribution in [-0.2, 0) is 19.1 Å². The summed E-state index contributed by atoms with van der Waals surface area (Å²) in [5.41, 5.74) is 0. The van der Waals surface area contributed by atoms with Crippen LogP contribution in [0.5, 0.6) is 0 Å². The van der Waals surface area contributed by atoms with Gasteiger partial charge < -0.3 is 9.47 Å². The van der Waals surface area contributed by atoms with Crippen LogP contribution in [0.3, 0.4) is 0 Å². The molecule has 0 saturated carbocycles. The summed E-state index contributed by atoms with van der Waals surface area (Å²) in [5, 5.41) is 0. The minimum Gasteiger partial charge on any atom is -0.459 e. The van der Waals surface area contributed by atoms with Crippen molar-refractivity contribution in [1.29, 1.82) is 0 Å². The van der Waals surface area contributed by atoms with E-state index in [0.717, 1.165) is 38.0 Å². The Labute approximate surface area is 124 Å². The highest BCUT2D eigenvalue weighted by atomic mass is 32.2. The maximum absolute atomic E-state index is 11.2. The van der Waals surface area contributed by atoms with Gasteiger partial charge in [-0.2, -0.15) is 0 Å². The summed E-state index contributed by atoms with van der Waals surface area (Å²) >= 11 is 1.59. The molecule has 1 N–H and O–H groups in total. The number of nitrogens with one attached hydrogen (secondary N) is 1. The summed E-state index contributed by atoms with van der Waals surface area (Å²) in [6, 6.07) is 0. The monoisotopic (exact) mass is 301 g/mol. The molecule has 1 atom stereocenters. The van der Waals surface area contributed by atoms with Crippen LogP contribution in [0.2, 0.25) is 0 Å². The molecule has 20 heavy (non-hydrogen) atoms. The number of hydrogen-bond acceptors (Lipinski definition) is 6. The van der Waals surface area contributed by atoms with Gasteiger partial charge in [0.1, 0.15) is 12.7 Å². The van der Waals surface area contributed by atoms with Crippen molar-refractivity contribution in [2.75, 3.05) is 19.4 Å². The highest BCUT2D eigenvalue weighted by molar-refractivity contribution is 7.96. The van der Waals surface area contributed by atoms with Crippen molar-refractivity contribution in [2.45, 2.75) is 31.8 Å². The first-order chi connectivity index (χ1) is 9.63. The van der Waals surface area contributed by atoms with Gasteiger partial charge in [-0.25, -0.2) is 9.59 Å². The fourth-order valence-electron chi connectivity index (χ4n) is 1.47. The highest BCUT2D eigenvalue weighted by Crippen LogP contribution is 2.09. The number of esters is 2. The normalized spacial score (nSPS) is 11.4. The quantitative estimate of drug-likeness (QED) is 0.258. The second-order valence-corrected chi connectivity index (χ2v) is 4.74. The van der Waals surface area contributed by atoms with Gasteiger partial charge in [-0.05, 0) is 25.5 Å². The SMILES string of the molecule is C=CC(=O)OCC(CCCCCNSC)OC(=O)C=C. The van der Waals surface area contributed by atoms with Gasteiger partial charge in [0, 0.05) is 18.7 Å². The van der Waals surface area contributed by atoms with Gasteiger partial charge in [-0.1, -0.05) is 31.5 Å². The van der Waals surface area contributed by atoms with Gasteiger partial charge in [-0.15, -0.1) is 0 Å². The predicted molar refractivity (Wildman–Crippen MR) is 81.2 cm³/mol. The molecule has 0 aliphatic heterocycles. The largest absolute Gasteiger partial charge is 0.459 e. The molecule has 114 valence electrons. The van der Waals surface area contributed by atoms with E-state index in [4.69, 9.17) is 9.47 Å². The lowest BCUT2D eigenvalue weighted by atomic mass is 10.1. The van der Waals surface area contributed by atoms with Crippen LogP contribution in [-0.4, -0.2) is 37.4 Å². The molecule has 0 radical (unpaired) electrons. The molecule has 0 aliphatic rings. The molecule has 0 aliphatic carbocycles. The maximum Gasteiger partial charge on any atom is 0.330 e. The Balaban J connectivity index is 3.97. The van der Waals surface area contributed by atoms with Gasteiger partial charge in [0.25, 0.3) is 0 Å². The van der Waals surface area contributed by atoms with E-state index in [1.165, 1.54) is 0 Å². The fourth-order valence-corrected chi connectivity index (χ4v) is 1.82. The fraction of sp³-hybridized carbons (Fsp3) is 0.571. The van der Waals surface area contributed by atoms with Crippen LogP contribution in [0.15, 0.2) is 25.3 Å². The summed E-state index contributed by atoms with van der Waals surface area (Å²) in [6.07, 6.45) is 7.36. The molecule has 0 heterocycles. The van der Waals surface area contributed by atoms with Crippen LogP contribution < -0.4 is 4.72 Å². The zero-order chi connectivity index (χ0) is 15.2. The van der Waals surface area contributed by atoms with Crippen molar-refractivity contribution in [1.82, 2.24) is 4.72 Å². The highest BCUT2D eigenvalue weighted by Gasteiger charge is 2.14. The second-order valence-electron chi connectivity index (χ2n) is 4.04. The van der Waals surface area contributed by atoms with Crippen LogP contribution >= 0.6 is 11.9 Å². The number of unbranched alkanes of at least 4 members (excludes halogenated alkanes) is 2. The van der Waals surface area contributed by atoms with Gasteiger partial charge in [-0.3, -0.25) is 4.72 Å². The molecule has 0 rings (SSSR count). The Hall–Kier alpha value is -1.27. The molecular formula is C14H23NO4S. The van der Waals surface area contributed by atoms with Gasteiger partial charge >= 0.3 is 11.9 Å². The van der Waals surface area contributed by atoms with E-state index in [2.05, 4.69) is 17.9 Å². The predicted octanol–water partition coefficient (Wildman–Crippen LogP) is 2.24. The van der Waals surface area contributed by atoms with Gasteiger partial charge in [0.05, 0.1) is 0 Å². The zero-order valence-corrected chi connectivity index (χ0v) is 12.7. The molecular weight excluding hydrogens is 278 g/mol. The van der Waals surface area contributed by atoms with E-state index in [1.807, 2.05) is 6.26 Å². The molecule has 0 saturated heterocycles. The van der Waals surface area contributed by atoms with E-state index in [0.29, 0.717) is 6.42 Å². The molecule has 1 unspecified atom stereocenters. The number of ether oxygens (including phenoxy) is 2. The Kier molecular flexibility index (Phi) is 11.9. The van der Waals surface area contributed by atoms with E-state index in [9.17, 15) is 9.59 Å². The molecule has 0 fully saturated rings. The lowest BCUT2D eigenvalue weighted by Crippen LogP contribution is -2.24. The minimum atomic E-state index is -0.520. The van der Waals surface area contributed by atoms with E-state index in [-0.39, 0.29) is 6.61 Å². The summed E-state index contributed by atoms with van der Waals surface area (Å²) in [4.78, 5) is 22.2. The molecule has 6 heteroatoms. The minimum absolute atomic E-state index is 0.0491. The average Bonchev–Trinajstić information content (AvgIpc) is 2.47. The molecule has 5 nitrogen and oxygen atoms in total. The van der Waals surface area contributed by atoms with Crippen LogP contribution in [0.25, 0.3) is 0 Å². The lowest BCUT2D eigenvalue weighted by Gasteiger charge is -2.16. The first-order valence-electron chi connectivity index (χ1n) is 6.52. The van der Waals surface area contributed by atoms with Gasteiger partial charge in [0.2, 0.25) is 0 Å². The standard InChI is InChI=1S/C14H23NO4S/c1-4-13(16)18-11-12(19-14(17)5-2)9-7-6-8-10-15-20-3/h4-5,12,15H,1-2,6-11H2,3H3. The molecule has 0 aromatic carbocycles. The second kappa shape index (κ2) is 12.7. The van der Waals surface area contributed by atoms with E-state index in [1.54, 1.807) is 11.9 Å². The summed E-state index contributed by atoms with van der Waals surface area (Å²) in [7, 11) is 0. The van der Waals surface area contributed by atoms with Crippen molar-refractivity contribution in [3.8, 4) is 0 Å². The van der Waals surface area contributed by atoms with Crippen LogP contribution in [0.1, 0.15) is 25.7 Å². The Bertz CT molecular complexity index is 320. The van der Waals surface area contributed by atoms with Crippen molar-refractivity contribution < 1.29 is 19.1 Å². The third kappa shape index (κ3) is 10.6. The van der Waals surface area contributed by atoms with Gasteiger partial charge in [0.15, 0.2) is 0 Å². The summed E-state index contributed by atoms with van der Waals surface area (Å²) in [6.45, 7) is 7.66. The molecule has 0 aromatic heterocycles. The lowest BCUT2D eigenvalue weighted by molar-refractivity contribution is -0.153.